The Morgan fingerprint density at radius 2 is 1.57 bits per heavy atom. The number of rotatable bonds is 3. The van der Waals surface area contributed by atoms with Crippen LogP contribution in [0.3, 0.4) is 0 Å². The molecule has 0 saturated heterocycles. The number of hydrogen-bond acceptors (Lipinski definition) is 2. The van der Waals surface area contributed by atoms with Gasteiger partial charge in [-0.3, -0.25) is 4.98 Å². The van der Waals surface area contributed by atoms with E-state index in [0.29, 0.717) is 6.42 Å². The van der Waals surface area contributed by atoms with Crippen LogP contribution in [-0.4, -0.2) is 16.7 Å². The molecule has 0 aliphatic rings. The van der Waals surface area contributed by atoms with E-state index in [-0.39, 0.29) is 6.61 Å². The van der Waals surface area contributed by atoms with Crippen molar-refractivity contribution in [2.24, 2.45) is 0 Å². The summed E-state index contributed by atoms with van der Waals surface area (Å²) in [6.07, 6.45) is 2.43. The van der Waals surface area contributed by atoms with Crippen molar-refractivity contribution in [3.8, 4) is 11.3 Å². The predicted molar refractivity (Wildman–Crippen MR) is 95.5 cm³/mol. The predicted octanol–water partition coefficient (Wildman–Crippen LogP) is 4.59. The summed E-state index contributed by atoms with van der Waals surface area (Å²) in [6.45, 7) is 0.131. The van der Waals surface area contributed by atoms with Crippen LogP contribution in [0.5, 0.6) is 0 Å². The Balaban J connectivity index is 2.04. The van der Waals surface area contributed by atoms with Gasteiger partial charge < -0.3 is 5.11 Å². The smallest absolute Gasteiger partial charge is 0.0704 e. The fourth-order valence-electron chi connectivity index (χ4n) is 3.22. The van der Waals surface area contributed by atoms with Gasteiger partial charge in [-0.25, -0.2) is 0 Å². The molecule has 0 saturated carbocycles. The summed E-state index contributed by atoms with van der Waals surface area (Å²) in [4.78, 5) is 4.48. The van der Waals surface area contributed by atoms with E-state index in [4.69, 9.17) is 0 Å². The molecule has 0 aliphatic carbocycles. The molecule has 4 rings (SSSR count). The van der Waals surface area contributed by atoms with Gasteiger partial charge in [0.1, 0.15) is 0 Å². The van der Waals surface area contributed by atoms with Gasteiger partial charge in [0.05, 0.1) is 5.69 Å². The quantitative estimate of drug-likeness (QED) is 0.561. The summed E-state index contributed by atoms with van der Waals surface area (Å²) >= 11 is 0. The Hall–Kier alpha value is -2.71. The lowest BCUT2D eigenvalue weighted by atomic mass is 9.93. The minimum Gasteiger partial charge on any atom is -0.396 e. The minimum atomic E-state index is 0.131. The van der Waals surface area contributed by atoms with Gasteiger partial charge in [0.15, 0.2) is 0 Å². The molecular weight excluding hydrogens is 282 g/mol. The van der Waals surface area contributed by atoms with Crippen LogP contribution in [0.1, 0.15) is 5.56 Å². The summed E-state index contributed by atoms with van der Waals surface area (Å²) < 4.78 is 0. The first-order chi connectivity index (χ1) is 11.4. The molecule has 0 atom stereocenters. The van der Waals surface area contributed by atoms with Crippen molar-refractivity contribution < 1.29 is 5.11 Å². The number of aliphatic hydroxyl groups is 1. The van der Waals surface area contributed by atoms with E-state index in [1.807, 2.05) is 24.4 Å². The lowest BCUT2D eigenvalue weighted by molar-refractivity contribution is 0.300. The van der Waals surface area contributed by atoms with E-state index in [9.17, 15) is 5.11 Å². The van der Waals surface area contributed by atoms with Crippen LogP contribution in [0.25, 0.3) is 32.8 Å². The molecule has 1 N–H and O–H groups in total. The van der Waals surface area contributed by atoms with Crippen molar-refractivity contribution in [2.45, 2.75) is 6.42 Å². The molecule has 0 radical (unpaired) electrons. The molecule has 23 heavy (non-hydrogen) atoms. The maximum atomic E-state index is 9.54. The first-order valence-corrected chi connectivity index (χ1v) is 7.83. The highest BCUT2D eigenvalue weighted by molar-refractivity contribution is 6.01. The van der Waals surface area contributed by atoms with Crippen LogP contribution in [-0.2, 0) is 6.42 Å². The van der Waals surface area contributed by atoms with Gasteiger partial charge in [-0.05, 0) is 57.8 Å². The van der Waals surface area contributed by atoms with E-state index in [1.165, 1.54) is 21.5 Å². The van der Waals surface area contributed by atoms with Gasteiger partial charge in [-0.1, -0.05) is 42.5 Å². The maximum absolute atomic E-state index is 9.54. The van der Waals surface area contributed by atoms with Gasteiger partial charge in [-0.15, -0.1) is 0 Å². The van der Waals surface area contributed by atoms with Crippen LogP contribution in [0, 0.1) is 0 Å². The third kappa shape index (κ3) is 2.47. The number of pyridine rings is 1. The molecule has 2 nitrogen and oxygen atoms in total. The second-order valence-corrected chi connectivity index (χ2v) is 5.70. The summed E-state index contributed by atoms with van der Waals surface area (Å²) in [7, 11) is 0. The third-order valence-electron chi connectivity index (χ3n) is 4.30. The molecule has 2 heteroatoms. The van der Waals surface area contributed by atoms with Gasteiger partial charge >= 0.3 is 0 Å². The largest absolute Gasteiger partial charge is 0.396 e. The molecule has 3 aromatic carbocycles. The molecule has 0 spiro atoms. The zero-order valence-corrected chi connectivity index (χ0v) is 12.7. The fraction of sp³-hybridized carbons (Fsp3) is 0.0952. The number of aliphatic hydroxyl groups excluding tert-OH is 1. The van der Waals surface area contributed by atoms with Gasteiger partial charge in [-0.2, -0.15) is 0 Å². The molecule has 0 aliphatic heterocycles. The average molecular weight is 299 g/mol. The highest BCUT2D eigenvalue weighted by Gasteiger charge is 2.11. The SMILES string of the molecule is OCCc1c(-c2ccccn2)ccc2cc3ccccc3cc12. The van der Waals surface area contributed by atoms with Crippen molar-refractivity contribution >= 4 is 21.5 Å². The molecule has 0 fully saturated rings. The topological polar surface area (TPSA) is 33.1 Å². The molecule has 0 unspecified atom stereocenters. The summed E-state index contributed by atoms with van der Waals surface area (Å²) in [5, 5.41) is 14.4. The number of fused-ring (bicyclic) bond motifs is 2. The zero-order chi connectivity index (χ0) is 15.6. The van der Waals surface area contributed by atoms with Crippen molar-refractivity contribution in [1.29, 1.82) is 0 Å². The molecule has 4 aromatic rings. The number of benzene rings is 3. The van der Waals surface area contributed by atoms with E-state index in [2.05, 4.69) is 53.5 Å². The standard InChI is InChI=1S/C21H17NO/c23-12-10-18-19(21-7-3-4-11-22-21)9-8-17-13-15-5-1-2-6-16(15)14-20(17)18/h1-9,11,13-14,23H,10,12H2. The first kappa shape index (κ1) is 13.9. The monoisotopic (exact) mass is 299 g/mol. The maximum Gasteiger partial charge on any atom is 0.0704 e. The van der Waals surface area contributed by atoms with Crippen molar-refractivity contribution in [1.82, 2.24) is 4.98 Å². The van der Waals surface area contributed by atoms with E-state index < -0.39 is 0 Å². The first-order valence-electron chi connectivity index (χ1n) is 7.83. The van der Waals surface area contributed by atoms with Crippen LogP contribution >= 0.6 is 0 Å². The van der Waals surface area contributed by atoms with Crippen molar-refractivity contribution in [3.05, 3.63) is 78.5 Å². The summed E-state index contributed by atoms with van der Waals surface area (Å²) in [5.41, 5.74) is 3.21. The lowest BCUT2D eigenvalue weighted by Crippen LogP contribution is -1.97. The second kappa shape index (κ2) is 5.82. The minimum absolute atomic E-state index is 0.131. The molecule has 112 valence electrons. The van der Waals surface area contributed by atoms with Crippen LogP contribution in [0.4, 0.5) is 0 Å². The number of nitrogens with zero attached hydrogens (tertiary/aromatic N) is 1. The normalized spacial score (nSPS) is 11.2. The lowest BCUT2D eigenvalue weighted by Gasteiger charge is -2.13. The third-order valence-corrected chi connectivity index (χ3v) is 4.30. The Labute approximate surface area is 135 Å². The molecule has 1 heterocycles. The highest BCUT2D eigenvalue weighted by atomic mass is 16.2. The number of aromatic nitrogens is 1. The van der Waals surface area contributed by atoms with Gasteiger partial charge in [0.25, 0.3) is 0 Å². The Bertz CT molecular complexity index is 977. The van der Waals surface area contributed by atoms with Gasteiger partial charge in [0, 0.05) is 18.4 Å². The fourth-order valence-corrected chi connectivity index (χ4v) is 3.22. The zero-order valence-electron chi connectivity index (χ0n) is 12.7. The summed E-state index contributed by atoms with van der Waals surface area (Å²) in [5.74, 6) is 0. The average Bonchev–Trinajstić information content (AvgIpc) is 2.61. The number of hydrogen-bond donors (Lipinski definition) is 1. The van der Waals surface area contributed by atoms with Gasteiger partial charge in [0.2, 0.25) is 0 Å². The van der Waals surface area contributed by atoms with Crippen molar-refractivity contribution in [3.63, 3.8) is 0 Å². The Morgan fingerprint density at radius 1 is 0.783 bits per heavy atom. The Kier molecular flexibility index (Phi) is 3.52. The van der Waals surface area contributed by atoms with E-state index in [1.54, 1.807) is 0 Å². The van der Waals surface area contributed by atoms with E-state index in [0.717, 1.165) is 16.8 Å². The molecule has 1 aromatic heterocycles. The highest BCUT2D eigenvalue weighted by Crippen LogP contribution is 2.32. The molecular formula is C21H17NO. The Morgan fingerprint density at radius 3 is 2.30 bits per heavy atom. The van der Waals surface area contributed by atoms with Crippen molar-refractivity contribution in [2.75, 3.05) is 6.61 Å². The molecule has 0 bridgehead atoms. The summed E-state index contributed by atoms with van der Waals surface area (Å²) in [6, 6.07) is 23.0. The van der Waals surface area contributed by atoms with Crippen LogP contribution in [0.15, 0.2) is 72.9 Å². The molecule has 0 amide bonds. The second-order valence-electron chi connectivity index (χ2n) is 5.70. The van der Waals surface area contributed by atoms with E-state index >= 15 is 0 Å². The van der Waals surface area contributed by atoms with Crippen LogP contribution in [0.2, 0.25) is 0 Å². The van der Waals surface area contributed by atoms with Crippen LogP contribution < -0.4 is 0 Å².